The minimum Gasteiger partial charge on any atom is -0.316 e. The summed E-state index contributed by atoms with van der Waals surface area (Å²) in [7, 11) is 0. The predicted octanol–water partition coefficient (Wildman–Crippen LogP) is 0.333. The first-order valence-corrected chi connectivity index (χ1v) is 2.70. The van der Waals surface area contributed by atoms with Crippen LogP contribution in [0.3, 0.4) is 0 Å². The molecule has 0 bridgehead atoms. The average molecular weight is 117 g/mol. The molecular weight excluding hydrogens is 106 g/mol. The summed E-state index contributed by atoms with van der Waals surface area (Å²) in [5.74, 6) is 0. The Bertz CT molecular complexity index is 65.4. The van der Waals surface area contributed by atoms with Crippen molar-refractivity contribution in [2.24, 2.45) is 0 Å². The van der Waals surface area contributed by atoms with Gasteiger partial charge in [0, 0.05) is 0 Å². The highest BCUT2D eigenvalue weighted by molar-refractivity contribution is 5.56. The summed E-state index contributed by atoms with van der Waals surface area (Å²) in [4.78, 5) is 9.90. The average Bonchev–Trinajstić information content (AvgIpc) is 1.83. The second-order valence-corrected chi connectivity index (χ2v) is 1.66. The largest absolute Gasteiger partial charge is 0.316 e. The van der Waals surface area contributed by atoms with Crippen LogP contribution in [0.15, 0.2) is 0 Å². The molecule has 1 atom stereocenters. The number of hydroxylamine groups is 1. The Morgan fingerprint density at radius 2 is 2.50 bits per heavy atom. The van der Waals surface area contributed by atoms with E-state index < -0.39 is 0 Å². The van der Waals surface area contributed by atoms with Crippen LogP contribution in [0.25, 0.3) is 0 Å². The SMILES string of the molecule is CCC[C@@H](C=O)NO. The van der Waals surface area contributed by atoms with Gasteiger partial charge in [0.2, 0.25) is 0 Å². The van der Waals surface area contributed by atoms with Crippen molar-refractivity contribution >= 4 is 6.29 Å². The molecule has 0 aromatic carbocycles. The van der Waals surface area contributed by atoms with Crippen molar-refractivity contribution in [3.63, 3.8) is 0 Å². The quantitative estimate of drug-likeness (QED) is 0.412. The van der Waals surface area contributed by atoms with Gasteiger partial charge in [-0.1, -0.05) is 13.3 Å². The van der Waals surface area contributed by atoms with Crippen LogP contribution >= 0.6 is 0 Å². The van der Waals surface area contributed by atoms with Crippen LogP contribution in [0.2, 0.25) is 0 Å². The zero-order valence-electron chi connectivity index (χ0n) is 4.92. The van der Waals surface area contributed by atoms with E-state index in [1.807, 2.05) is 12.4 Å². The molecule has 3 nitrogen and oxygen atoms in total. The van der Waals surface area contributed by atoms with E-state index >= 15 is 0 Å². The molecule has 48 valence electrons. The summed E-state index contributed by atoms with van der Waals surface area (Å²) in [5, 5.41) is 8.18. The Labute approximate surface area is 48.7 Å². The third-order valence-corrected chi connectivity index (χ3v) is 0.930. The molecule has 0 rings (SSSR count). The summed E-state index contributed by atoms with van der Waals surface area (Å²) < 4.78 is 0. The first kappa shape index (κ1) is 7.59. The van der Waals surface area contributed by atoms with E-state index in [0.29, 0.717) is 12.7 Å². The van der Waals surface area contributed by atoms with E-state index in [-0.39, 0.29) is 6.04 Å². The number of carbonyl (C=O) groups excluding carboxylic acids is 1. The van der Waals surface area contributed by atoms with Gasteiger partial charge in [-0.2, -0.15) is 5.48 Å². The standard InChI is InChI=1S/C5H11NO2/c1-2-3-5(4-7)6-8/h4-6,8H,2-3H2,1H3/t5-/m0/s1. The third kappa shape index (κ3) is 2.71. The van der Waals surface area contributed by atoms with Gasteiger partial charge in [-0.25, -0.2) is 0 Å². The highest BCUT2D eigenvalue weighted by atomic mass is 16.5. The Balaban J connectivity index is 3.21. The molecule has 8 heavy (non-hydrogen) atoms. The lowest BCUT2D eigenvalue weighted by atomic mass is 10.2. The third-order valence-electron chi connectivity index (χ3n) is 0.930. The molecule has 0 heterocycles. The molecule has 0 aliphatic carbocycles. The van der Waals surface area contributed by atoms with Crippen molar-refractivity contribution in [3.8, 4) is 0 Å². The van der Waals surface area contributed by atoms with Crippen LogP contribution in [0.4, 0.5) is 0 Å². The zero-order valence-corrected chi connectivity index (χ0v) is 4.92. The minimum absolute atomic E-state index is 0.375. The number of aldehydes is 1. The monoisotopic (exact) mass is 117 g/mol. The maximum absolute atomic E-state index is 9.90. The highest BCUT2D eigenvalue weighted by Crippen LogP contribution is 1.90. The van der Waals surface area contributed by atoms with E-state index in [0.717, 1.165) is 6.42 Å². The van der Waals surface area contributed by atoms with Gasteiger partial charge in [0.1, 0.15) is 6.29 Å². The van der Waals surface area contributed by atoms with Crippen molar-refractivity contribution in [1.82, 2.24) is 5.48 Å². The van der Waals surface area contributed by atoms with E-state index in [1.165, 1.54) is 0 Å². The first-order valence-electron chi connectivity index (χ1n) is 2.70. The van der Waals surface area contributed by atoms with E-state index in [4.69, 9.17) is 5.21 Å². The number of hydrogen-bond donors (Lipinski definition) is 2. The van der Waals surface area contributed by atoms with Crippen LogP contribution in [0.1, 0.15) is 19.8 Å². The normalized spacial score (nSPS) is 13.2. The molecule has 0 amide bonds. The fourth-order valence-electron chi connectivity index (χ4n) is 0.474. The van der Waals surface area contributed by atoms with Gasteiger partial charge in [-0.05, 0) is 6.42 Å². The van der Waals surface area contributed by atoms with Crippen LogP contribution in [-0.2, 0) is 4.79 Å². The Morgan fingerprint density at radius 3 is 2.62 bits per heavy atom. The van der Waals surface area contributed by atoms with E-state index in [9.17, 15) is 4.79 Å². The Kier molecular flexibility index (Phi) is 4.50. The second kappa shape index (κ2) is 4.74. The smallest absolute Gasteiger partial charge is 0.139 e. The second-order valence-electron chi connectivity index (χ2n) is 1.66. The van der Waals surface area contributed by atoms with Gasteiger partial charge >= 0.3 is 0 Å². The fourth-order valence-corrected chi connectivity index (χ4v) is 0.474. The Morgan fingerprint density at radius 1 is 1.88 bits per heavy atom. The van der Waals surface area contributed by atoms with Gasteiger partial charge in [-0.15, -0.1) is 0 Å². The molecule has 2 N–H and O–H groups in total. The molecule has 0 saturated carbocycles. The minimum atomic E-state index is -0.375. The fraction of sp³-hybridized carbons (Fsp3) is 0.800. The summed E-state index contributed by atoms with van der Waals surface area (Å²) in [6, 6.07) is -0.375. The molecule has 0 unspecified atom stereocenters. The molecular formula is C5H11NO2. The molecule has 0 aliphatic rings. The molecule has 3 heteroatoms. The summed E-state index contributed by atoms with van der Waals surface area (Å²) in [6.07, 6.45) is 2.29. The predicted molar refractivity (Wildman–Crippen MR) is 29.7 cm³/mol. The van der Waals surface area contributed by atoms with Crippen molar-refractivity contribution < 1.29 is 10.0 Å². The number of rotatable bonds is 4. The van der Waals surface area contributed by atoms with Gasteiger partial charge in [0.05, 0.1) is 6.04 Å². The molecule has 0 aromatic heterocycles. The maximum atomic E-state index is 9.90. The van der Waals surface area contributed by atoms with Crippen LogP contribution in [0, 0.1) is 0 Å². The van der Waals surface area contributed by atoms with E-state index in [1.54, 1.807) is 0 Å². The van der Waals surface area contributed by atoms with Crippen LogP contribution in [-0.4, -0.2) is 17.5 Å². The lowest BCUT2D eigenvalue weighted by Crippen LogP contribution is -2.26. The van der Waals surface area contributed by atoms with Crippen molar-refractivity contribution in [2.45, 2.75) is 25.8 Å². The molecule has 0 spiro atoms. The number of nitrogens with one attached hydrogen (secondary N) is 1. The molecule has 0 fully saturated rings. The lowest BCUT2D eigenvalue weighted by Gasteiger charge is -2.02. The van der Waals surface area contributed by atoms with Crippen LogP contribution < -0.4 is 5.48 Å². The van der Waals surface area contributed by atoms with Crippen molar-refractivity contribution in [3.05, 3.63) is 0 Å². The van der Waals surface area contributed by atoms with Gasteiger partial charge in [0.15, 0.2) is 0 Å². The number of hydrogen-bond acceptors (Lipinski definition) is 3. The highest BCUT2D eigenvalue weighted by Gasteiger charge is 2.00. The summed E-state index contributed by atoms with van der Waals surface area (Å²) >= 11 is 0. The molecule has 0 saturated heterocycles. The van der Waals surface area contributed by atoms with Crippen molar-refractivity contribution in [2.75, 3.05) is 0 Å². The topological polar surface area (TPSA) is 49.3 Å². The Hall–Kier alpha value is -0.410. The van der Waals surface area contributed by atoms with Crippen LogP contribution in [0.5, 0.6) is 0 Å². The molecule has 0 aliphatic heterocycles. The summed E-state index contributed by atoms with van der Waals surface area (Å²) in [5.41, 5.74) is 1.88. The van der Waals surface area contributed by atoms with Gasteiger partial charge in [0.25, 0.3) is 0 Å². The van der Waals surface area contributed by atoms with E-state index in [2.05, 4.69) is 0 Å². The summed E-state index contributed by atoms with van der Waals surface area (Å²) in [6.45, 7) is 1.95. The molecule has 0 radical (unpaired) electrons. The first-order chi connectivity index (χ1) is 3.85. The lowest BCUT2D eigenvalue weighted by molar-refractivity contribution is -0.112. The van der Waals surface area contributed by atoms with Gasteiger partial charge < -0.3 is 10.0 Å². The molecule has 0 aromatic rings. The number of carbonyl (C=O) groups is 1. The zero-order chi connectivity index (χ0) is 6.41. The van der Waals surface area contributed by atoms with Gasteiger partial charge in [-0.3, -0.25) is 0 Å². The van der Waals surface area contributed by atoms with Crippen molar-refractivity contribution in [1.29, 1.82) is 0 Å². The maximum Gasteiger partial charge on any atom is 0.139 e.